The van der Waals surface area contributed by atoms with E-state index >= 15 is 0 Å². The van der Waals surface area contributed by atoms with E-state index in [1.54, 1.807) is 6.07 Å². The lowest BCUT2D eigenvalue weighted by atomic mass is 9.66. The second-order valence-electron chi connectivity index (χ2n) is 16.4. The third kappa shape index (κ3) is 6.88. The number of anilines is 1. The lowest BCUT2D eigenvalue weighted by molar-refractivity contribution is -0.137. The molecule has 0 unspecified atom stereocenters. The van der Waals surface area contributed by atoms with Crippen molar-refractivity contribution in [2.75, 3.05) is 5.32 Å². The minimum atomic E-state index is -4.51. The van der Waals surface area contributed by atoms with Crippen molar-refractivity contribution in [1.82, 2.24) is 0 Å². The van der Waals surface area contributed by atoms with Gasteiger partial charge in [0.25, 0.3) is 5.91 Å². The Hall–Kier alpha value is -5.36. The minimum absolute atomic E-state index is 0.162. The van der Waals surface area contributed by atoms with E-state index in [4.69, 9.17) is 0 Å². The van der Waals surface area contributed by atoms with Crippen LogP contribution in [-0.4, -0.2) is 11.0 Å². The zero-order chi connectivity index (χ0) is 39.2. The number of benzene rings is 6. The smallest absolute Gasteiger partial charge is 0.416 e. The van der Waals surface area contributed by atoms with Crippen LogP contribution in [0.5, 0.6) is 5.75 Å². The normalized spacial score (nSPS) is 15.7. The van der Waals surface area contributed by atoms with Gasteiger partial charge in [-0.05, 0) is 129 Å². The maximum atomic E-state index is 13.6. The summed E-state index contributed by atoms with van der Waals surface area (Å²) in [6, 6.07) is 36.0. The van der Waals surface area contributed by atoms with Gasteiger partial charge in [0.1, 0.15) is 5.75 Å². The van der Waals surface area contributed by atoms with Gasteiger partial charge >= 0.3 is 6.18 Å². The van der Waals surface area contributed by atoms with Gasteiger partial charge in [0.2, 0.25) is 0 Å². The molecule has 0 heterocycles. The van der Waals surface area contributed by atoms with Crippen LogP contribution in [0.3, 0.4) is 0 Å². The Balaban J connectivity index is 0.979. The number of halogens is 3. The second-order valence-corrected chi connectivity index (χ2v) is 16.4. The number of alkyl halides is 3. The molecule has 6 aromatic carbocycles. The molecule has 8 rings (SSSR count). The van der Waals surface area contributed by atoms with E-state index in [2.05, 4.69) is 62.5 Å². The predicted octanol–water partition coefficient (Wildman–Crippen LogP) is 14.2. The summed E-state index contributed by atoms with van der Waals surface area (Å²) in [5.74, 6) is -0.351. The van der Waals surface area contributed by atoms with E-state index < -0.39 is 17.2 Å². The van der Waals surface area contributed by atoms with Crippen molar-refractivity contribution in [3.8, 4) is 39.1 Å². The Morgan fingerprint density at radius 1 is 0.696 bits per heavy atom. The fourth-order valence-corrected chi connectivity index (χ4v) is 9.39. The summed E-state index contributed by atoms with van der Waals surface area (Å²) in [5.41, 5.74) is 9.57. The van der Waals surface area contributed by atoms with Crippen LogP contribution in [-0.2, 0) is 17.0 Å². The molecule has 1 amide bonds. The van der Waals surface area contributed by atoms with Crippen molar-refractivity contribution in [1.29, 1.82) is 0 Å². The van der Waals surface area contributed by atoms with Gasteiger partial charge in [-0.1, -0.05) is 126 Å². The van der Waals surface area contributed by atoms with Crippen molar-refractivity contribution in [2.24, 2.45) is 0 Å². The first kappa shape index (κ1) is 37.6. The van der Waals surface area contributed by atoms with Crippen LogP contribution in [0.4, 0.5) is 18.9 Å². The van der Waals surface area contributed by atoms with Gasteiger partial charge in [0, 0.05) is 22.1 Å². The first-order valence-electron chi connectivity index (χ1n) is 20.0. The molecule has 286 valence electrons. The molecule has 0 radical (unpaired) electrons. The summed E-state index contributed by atoms with van der Waals surface area (Å²) in [6.07, 6.45) is 7.15. The molecule has 6 heteroatoms. The Morgan fingerprint density at radius 2 is 1.32 bits per heavy atom. The van der Waals surface area contributed by atoms with Crippen LogP contribution in [0.2, 0.25) is 0 Å². The molecule has 0 aromatic heterocycles. The van der Waals surface area contributed by atoms with E-state index in [1.807, 2.05) is 54.6 Å². The molecule has 1 fully saturated rings. The highest BCUT2D eigenvalue weighted by atomic mass is 19.4. The summed E-state index contributed by atoms with van der Waals surface area (Å²) in [4.78, 5) is 13.3. The first-order chi connectivity index (χ1) is 26.9. The van der Waals surface area contributed by atoms with Crippen LogP contribution >= 0.6 is 0 Å². The summed E-state index contributed by atoms with van der Waals surface area (Å²) < 4.78 is 40.7. The fraction of sp³-hybridized carbons (Fsp3) is 0.300. The van der Waals surface area contributed by atoms with Gasteiger partial charge in [-0.3, -0.25) is 4.79 Å². The Labute approximate surface area is 327 Å². The monoisotopic (exact) mass is 751 g/mol. The van der Waals surface area contributed by atoms with Crippen LogP contribution in [0.15, 0.2) is 115 Å². The van der Waals surface area contributed by atoms with Crippen molar-refractivity contribution in [3.05, 3.63) is 143 Å². The zero-order valence-corrected chi connectivity index (χ0v) is 32.3. The molecule has 2 N–H and O–H groups in total. The van der Waals surface area contributed by atoms with Crippen molar-refractivity contribution in [2.45, 2.75) is 95.6 Å². The quantitative estimate of drug-likeness (QED) is 0.145. The molecule has 0 saturated heterocycles. The number of rotatable bonds is 9. The molecule has 1 saturated carbocycles. The van der Waals surface area contributed by atoms with E-state index in [1.165, 1.54) is 69.4 Å². The first-order valence-corrected chi connectivity index (χ1v) is 20.0. The van der Waals surface area contributed by atoms with Crippen LogP contribution < -0.4 is 5.32 Å². The number of hydrogen-bond donors (Lipinski definition) is 2. The Kier molecular flexibility index (Phi) is 9.80. The van der Waals surface area contributed by atoms with E-state index in [-0.39, 0.29) is 17.0 Å². The van der Waals surface area contributed by atoms with Gasteiger partial charge in [-0.25, -0.2) is 0 Å². The van der Waals surface area contributed by atoms with Crippen molar-refractivity contribution < 1.29 is 23.1 Å². The number of carbonyl (C=O) groups excluding carboxylic acids is 1. The lowest BCUT2D eigenvalue weighted by Crippen LogP contribution is -2.29. The lowest BCUT2D eigenvalue weighted by Gasteiger charge is -2.38. The highest BCUT2D eigenvalue weighted by Gasteiger charge is 2.39. The predicted molar refractivity (Wildman–Crippen MR) is 222 cm³/mol. The number of unbranched alkanes of at least 4 members (excludes halogenated alkanes) is 2. The molecule has 0 bridgehead atoms. The summed E-state index contributed by atoms with van der Waals surface area (Å²) in [7, 11) is 0. The van der Waals surface area contributed by atoms with E-state index in [9.17, 15) is 23.1 Å². The highest BCUT2D eigenvalue weighted by Crippen LogP contribution is 2.54. The number of aromatic hydroxyl groups is 1. The average Bonchev–Trinajstić information content (AvgIpc) is 3.43. The largest absolute Gasteiger partial charge is 0.507 e. The fourth-order valence-electron chi connectivity index (χ4n) is 9.39. The third-order valence-corrected chi connectivity index (χ3v) is 12.6. The second kappa shape index (κ2) is 14.6. The van der Waals surface area contributed by atoms with Gasteiger partial charge in [-0.15, -0.1) is 0 Å². The summed E-state index contributed by atoms with van der Waals surface area (Å²) >= 11 is 0. The highest BCUT2D eigenvalue weighted by molar-refractivity contribution is 6.06. The molecule has 2 aliphatic carbocycles. The van der Waals surface area contributed by atoms with Crippen molar-refractivity contribution >= 4 is 22.4 Å². The number of fused-ring (bicyclic) bond motifs is 5. The average molecular weight is 752 g/mol. The standard InChI is InChI=1S/C50H48F3NO2/c1-4-5-7-26-49(27-8-6-9-28-49)37-19-14-33(15-20-37)32-10-12-35(13-11-32)47(56)54-39-22-16-34(17-23-39)36-18-25-43-42(29-36)46-40-24-21-38(50(51,52)53)30-41(40)45(55)31-44(46)48(43,2)3/h10-25,29-31,55H,4-9,26-28H2,1-3H3,(H,54,56). The van der Waals surface area contributed by atoms with Gasteiger partial charge < -0.3 is 10.4 Å². The molecule has 3 nitrogen and oxygen atoms in total. The molecule has 2 aliphatic rings. The van der Waals surface area contributed by atoms with Crippen molar-refractivity contribution in [3.63, 3.8) is 0 Å². The SMILES string of the molecule is CCCCCC1(c2ccc(-c3ccc(C(=O)Nc4ccc(-c5ccc6c(c5)-c5c(cc(O)c7cc(C(F)(F)F)ccc57)C6(C)C)cc4)cc3)cc2)CCCCC1. The number of amides is 1. The van der Waals surface area contributed by atoms with E-state index in [0.29, 0.717) is 22.1 Å². The van der Waals surface area contributed by atoms with Crippen LogP contribution in [0.1, 0.15) is 111 Å². The molecule has 0 spiro atoms. The molecule has 56 heavy (non-hydrogen) atoms. The minimum Gasteiger partial charge on any atom is -0.507 e. The maximum Gasteiger partial charge on any atom is 0.416 e. The molecular weight excluding hydrogens is 704 g/mol. The Bertz CT molecular complexity index is 2400. The molecule has 6 aromatic rings. The Morgan fingerprint density at radius 3 is 1.98 bits per heavy atom. The zero-order valence-electron chi connectivity index (χ0n) is 32.3. The van der Waals surface area contributed by atoms with Gasteiger partial charge in [-0.2, -0.15) is 13.2 Å². The van der Waals surface area contributed by atoms with Crippen LogP contribution in [0.25, 0.3) is 44.2 Å². The number of hydrogen-bond acceptors (Lipinski definition) is 2. The van der Waals surface area contributed by atoms with E-state index in [0.717, 1.165) is 56.6 Å². The molecule has 0 aliphatic heterocycles. The van der Waals surface area contributed by atoms with Crippen LogP contribution in [0, 0.1) is 0 Å². The number of phenolic OH excluding ortho intramolecular Hbond substituents is 1. The van der Waals surface area contributed by atoms with Gasteiger partial charge in [0.15, 0.2) is 0 Å². The topological polar surface area (TPSA) is 49.3 Å². The third-order valence-electron chi connectivity index (χ3n) is 12.6. The maximum absolute atomic E-state index is 13.6. The molecule has 0 atom stereocenters. The number of nitrogens with one attached hydrogen (secondary N) is 1. The van der Waals surface area contributed by atoms with Gasteiger partial charge in [0.05, 0.1) is 5.56 Å². The summed E-state index contributed by atoms with van der Waals surface area (Å²) in [6.45, 7) is 6.41. The number of carbonyl (C=O) groups is 1. The summed E-state index contributed by atoms with van der Waals surface area (Å²) in [5, 5.41) is 14.7. The molecular formula is C50H48F3NO2. The number of phenols is 1.